The molecule has 162 valence electrons. The maximum absolute atomic E-state index is 14.1. The van der Waals surface area contributed by atoms with E-state index in [9.17, 15) is 18.4 Å². The molecule has 0 aliphatic carbocycles. The molecule has 0 amide bonds. The highest BCUT2D eigenvalue weighted by Gasteiger charge is 2.23. The van der Waals surface area contributed by atoms with Crippen molar-refractivity contribution in [2.24, 2.45) is 5.92 Å². The predicted octanol–water partition coefficient (Wildman–Crippen LogP) is 6.67. The zero-order valence-electron chi connectivity index (χ0n) is 17.9. The molecule has 1 unspecified atom stereocenters. The van der Waals surface area contributed by atoms with Crippen molar-refractivity contribution in [2.75, 3.05) is 7.11 Å². The van der Waals surface area contributed by atoms with Crippen LogP contribution in [0, 0.1) is 11.7 Å². The highest BCUT2D eigenvalue weighted by molar-refractivity contribution is 5.99. The number of halogens is 2. The van der Waals surface area contributed by atoms with Crippen molar-refractivity contribution < 1.29 is 23.1 Å². The van der Waals surface area contributed by atoms with Crippen molar-refractivity contribution in [3.63, 3.8) is 0 Å². The van der Waals surface area contributed by atoms with E-state index in [0.717, 1.165) is 0 Å². The minimum absolute atomic E-state index is 0.0136. The number of allylic oxidation sites excluding steroid dienone is 6. The van der Waals surface area contributed by atoms with E-state index in [1.165, 1.54) is 44.4 Å². The van der Waals surface area contributed by atoms with E-state index in [-0.39, 0.29) is 30.0 Å². The van der Waals surface area contributed by atoms with Crippen molar-refractivity contribution in [1.82, 2.24) is 0 Å². The summed E-state index contributed by atoms with van der Waals surface area (Å²) in [4.78, 5) is 25.7. The molecule has 2 aromatic rings. The molecule has 0 bridgehead atoms. The van der Waals surface area contributed by atoms with E-state index in [4.69, 9.17) is 4.74 Å². The van der Waals surface area contributed by atoms with Crippen molar-refractivity contribution in [1.29, 1.82) is 0 Å². The van der Waals surface area contributed by atoms with Crippen LogP contribution in [0.3, 0.4) is 0 Å². The summed E-state index contributed by atoms with van der Waals surface area (Å²) >= 11 is 0. The summed E-state index contributed by atoms with van der Waals surface area (Å²) in [5, 5.41) is 0. The number of hydrogen-bond acceptors (Lipinski definition) is 3. The number of methoxy groups -OCH3 is 1. The van der Waals surface area contributed by atoms with Gasteiger partial charge in [0.2, 0.25) is 0 Å². The van der Waals surface area contributed by atoms with Gasteiger partial charge in [-0.2, -0.15) is 0 Å². The minimum Gasteiger partial charge on any atom is -0.497 e. The summed E-state index contributed by atoms with van der Waals surface area (Å²) in [6, 6.07) is 12.5. The highest BCUT2D eigenvalue weighted by Crippen LogP contribution is 2.27. The molecule has 2 rings (SSSR count). The lowest BCUT2D eigenvalue weighted by Crippen LogP contribution is -2.16. The number of ether oxygens (including phenoxy) is 1. The molecule has 0 saturated heterocycles. The first-order chi connectivity index (χ1) is 14.8. The fourth-order valence-electron chi connectivity index (χ4n) is 3.23. The molecular weight excluding hydrogens is 398 g/mol. The fraction of sp³-hybridized carbons (Fsp3) is 0.231. The Bertz CT molecular complexity index is 1010. The molecule has 0 aliphatic heterocycles. The van der Waals surface area contributed by atoms with Crippen LogP contribution < -0.4 is 4.74 Å². The second kappa shape index (κ2) is 11.7. The van der Waals surface area contributed by atoms with Crippen LogP contribution in [0.4, 0.5) is 8.78 Å². The third-order valence-corrected chi connectivity index (χ3v) is 4.85. The Kier molecular flexibility index (Phi) is 9.07. The van der Waals surface area contributed by atoms with E-state index in [1.54, 1.807) is 49.4 Å². The molecule has 0 aliphatic rings. The molecule has 2 aromatic carbocycles. The predicted molar refractivity (Wildman–Crippen MR) is 119 cm³/mol. The van der Waals surface area contributed by atoms with Gasteiger partial charge in [-0.15, -0.1) is 0 Å². The summed E-state index contributed by atoms with van der Waals surface area (Å²) in [5.74, 6) is -1.47. The third kappa shape index (κ3) is 7.14. The molecule has 0 radical (unpaired) electrons. The van der Waals surface area contributed by atoms with Gasteiger partial charge in [-0.25, -0.2) is 8.78 Å². The molecule has 0 fully saturated rings. The summed E-state index contributed by atoms with van der Waals surface area (Å²) in [6.45, 7) is 3.10. The first-order valence-electron chi connectivity index (χ1n) is 9.97. The molecule has 0 saturated carbocycles. The van der Waals surface area contributed by atoms with Gasteiger partial charge in [-0.3, -0.25) is 9.59 Å². The van der Waals surface area contributed by atoms with Gasteiger partial charge in [0.25, 0.3) is 0 Å². The molecule has 0 spiro atoms. The maximum atomic E-state index is 14.1. The van der Waals surface area contributed by atoms with Crippen LogP contribution in [0.5, 0.6) is 5.75 Å². The van der Waals surface area contributed by atoms with Gasteiger partial charge in [0, 0.05) is 18.4 Å². The van der Waals surface area contributed by atoms with Crippen molar-refractivity contribution in [2.45, 2.75) is 26.7 Å². The maximum Gasteiger partial charge on any atom is 0.166 e. The molecular formula is C26H26F2O3. The van der Waals surface area contributed by atoms with Crippen LogP contribution in [0.1, 0.15) is 47.4 Å². The van der Waals surface area contributed by atoms with Crippen LogP contribution >= 0.6 is 0 Å². The molecule has 3 nitrogen and oxygen atoms in total. The zero-order chi connectivity index (χ0) is 22.8. The average molecular weight is 424 g/mol. The smallest absolute Gasteiger partial charge is 0.166 e. The molecule has 0 heterocycles. The standard InChI is InChI=1S/C26H26F2O3/c1-4-19(10-7-9-18(2)27)21(17-26(30)23-13-5-6-14-24(23)28)16-25(29)20-11-8-12-22(15-20)31-3/h4-15,21H,16-17H2,1-3H3/b10-7-,18-9+,19-4?. The number of carbonyl (C=O) groups excluding carboxylic acids is 2. The quantitative estimate of drug-likeness (QED) is 0.316. The molecule has 0 aromatic heterocycles. The summed E-state index contributed by atoms with van der Waals surface area (Å²) in [6.07, 6.45) is 6.25. The Labute approximate surface area is 181 Å². The van der Waals surface area contributed by atoms with Crippen molar-refractivity contribution in [3.05, 3.63) is 101 Å². The fourth-order valence-corrected chi connectivity index (χ4v) is 3.23. The van der Waals surface area contributed by atoms with Gasteiger partial charge >= 0.3 is 0 Å². The topological polar surface area (TPSA) is 43.4 Å². The Morgan fingerprint density at radius 2 is 1.77 bits per heavy atom. The van der Waals surface area contributed by atoms with Gasteiger partial charge in [0.05, 0.1) is 18.5 Å². The van der Waals surface area contributed by atoms with Gasteiger partial charge in [0.1, 0.15) is 11.6 Å². The highest BCUT2D eigenvalue weighted by atomic mass is 19.1. The summed E-state index contributed by atoms with van der Waals surface area (Å²) in [5.41, 5.74) is 1.14. The Hall–Kier alpha value is -3.34. The first kappa shape index (κ1) is 23.9. The number of hydrogen-bond donors (Lipinski definition) is 0. The Morgan fingerprint density at radius 3 is 2.42 bits per heavy atom. The largest absolute Gasteiger partial charge is 0.497 e. The molecule has 1 atom stereocenters. The number of benzene rings is 2. The number of Topliss-reactive ketones (excluding diaryl/α,β-unsaturated/α-hetero) is 2. The second-order valence-electron chi connectivity index (χ2n) is 7.06. The first-order valence-corrected chi connectivity index (χ1v) is 9.97. The lowest BCUT2D eigenvalue weighted by Gasteiger charge is -2.18. The normalized spacial score (nSPS) is 13.3. The van der Waals surface area contributed by atoms with Crippen LogP contribution in [-0.2, 0) is 0 Å². The van der Waals surface area contributed by atoms with Crippen LogP contribution in [0.2, 0.25) is 0 Å². The van der Waals surface area contributed by atoms with Crippen LogP contribution in [-0.4, -0.2) is 18.7 Å². The molecule has 0 N–H and O–H groups in total. The number of rotatable bonds is 10. The average Bonchev–Trinajstić information content (AvgIpc) is 2.76. The van der Waals surface area contributed by atoms with E-state index < -0.39 is 17.5 Å². The SMILES string of the molecule is CC=C(/C=C\C=C(/C)F)C(CC(=O)c1cccc(OC)c1)CC(=O)c1ccccc1F. The monoisotopic (exact) mass is 424 g/mol. The summed E-state index contributed by atoms with van der Waals surface area (Å²) < 4.78 is 32.3. The van der Waals surface area contributed by atoms with Crippen LogP contribution in [0.25, 0.3) is 0 Å². The number of carbonyl (C=O) groups is 2. The third-order valence-electron chi connectivity index (χ3n) is 4.85. The van der Waals surface area contributed by atoms with Gasteiger partial charge < -0.3 is 4.74 Å². The van der Waals surface area contributed by atoms with Crippen molar-refractivity contribution in [3.8, 4) is 5.75 Å². The Balaban J connectivity index is 2.33. The molecule has 5 heteroatoms. The minimum atomic E-state index is -0.598. The Morgan fingerprint density at radius 1 is 1.06 bits per heavy atom. The van der Waals surface area contributed by atoms with Gasteiger partial charge in [-0.05, 0) is 55.7 Å². The number of ketones is 2. The van der Waals surface area contributed by atoms with E-state index in [1.807, 2.05) is 0 Å². The lowest BCUT2D eigenvalue weighted by molar-refractivity contribution is 0.0932. The van der Waals surface area contributed by atoms with E-state index in [0.29, 0.717) is 16.9 Å². The van der Waals surface area contributed by atoms with E-state index in [2.05, 4.69) is 0 Å². The second-order valence-corrected chi connectivity index (χ2v) is 7.06. The molecule has 31 heavy (non-hydrogen) atoms. The van der Waals surface area contributed by atoms with Crippen LogP contribution in [0.15, 0.2) is 84.2 Å². The zero-order valence-corrected chi connectivity index (χ0v) is 17.9. The van der Waals surface area contributed by atoms with Crippen molar-refractivity contribution >= 4 is 11.6 Å². The van der Waals surface area contributed by atoms with Gasteiger partial charge in [0.15, 0.2) is 11.6 Å². The van der Waals surface area contributed by atoms with E-state index >= 15 is 0 Å². The summed E-state index contributed by atoms with van der Waals surface area (Å²) in [7, 11) is 1.52. The van der Waals surface area contributed by atoms with Gasteiger partial charge in [-0.1, -0.05) is 42.5 Å². The lowest BCUT2D eigenvalue weighted by atomic mass is 9.85.